The number of aryl methyl sites for hydroxylation is 1. The number of alkyl carbamates (subject to hydrolysis) is 1. The molecule has 0 fully saturated rings. The monoisotopic (exact) mass is 398 g/mol. The van der Waals surface area contributed by atoms with E-state index in [9.17, 15) is 9.59 Å². The molecule has 0 bridgehead atoms. The number of carbonyl (C=O) groups is 1. The summed E-state index contributed by atoms with van der Waals surface area (Å²) in [5, 5.41) is 3.28. The number of hydrogen-bond donors (Lipinski definition) is 1. The van der Waals surface area contributed by atoms with E-state index in [0.717, 1.165) is 18.4 Å². The van der Waals surface area contributed by atoms with Crippen molar-refractivity contribution in [3.05, 3.63) is 47.0 Å². The zero-order chi connectivity index (χ0) is 21.0. The van der Waals surface area contributed by atoms with Crippen LogP contribution < -0.4 is 10.9 Å². The minimum Gasteiger partial charge on any atom is -0.444 e. The Morgan fingerprint density at radius 3 is 2.76 bits per heavy atom. The van der Waals surface area contributed by atoms with Crippen molar-refractivity contribution in [2.45, 2.75) is 45.6 Å². The lowest BCUT2D eigenvalue weighted by molar-refractivity contribution is 0.0527. The highest BCUT2D eigenvalue weighted by Gasteiger charge is 2.15. The Labute approximate surface area is 168 Å². The van der Waals surface area contributed by atoms with Crippen molar-refractivity contribution in [1.82, 2.24) is 19.9 Å². The zero-order valence-electron chi connectivity index (χ0n) is 17.2. The Balaban J connectivity index is 1.63. The predicted octanol–water partition coefficient (Wildman–Crippen LogP) is 3.44. The normalized spacial score (nSPS) is 11.6. The number of benzene rings is 1. The average molecular weight is 398 g/mol. The van der Waals surface area contributed by atoms with Crippen LogP contribution in [0.3, 0.4) is 0 Å². The molecule has 2 heterocycles. The number of nitrogens with zero attached hydrogens (tertiary/aromatic N) is 3. The standard InChI is InChI=1S/C21H26N4O4/c1-21(2,3)29-20(27)23-10-6-5-7-18-24-16-9-8-14(17-12-22-13-28-17)11-15(16)19(26)25(18)4/h8-9,11-13H,5-7,10H2,1-4H3,(H,23,27). The fourth-order valence-corrected chi connectivity index (χ4v) is 2.96. The van der Waals surface area contributed by atoms with Gasteiger partial charge in [0.25, 0.3) is 5.56 Å². The Morgan fingerprint density at radius 2 is 2.07 bits per heavy atom. The second kappa shape index (κ2) is 8.46. The van der Waals surface area contributed by atoms with Gasteiger partial charge in [-0.1, -0.05) is 0 Å². The van der Waals surface area contributed by atoms with Crippen LogP contribution in [0.25, 0.3) is 22.2 Å². The maximum atomic E-state index is 12.8. The summed E-state index contributed by atoms with van der Waals surface area (Å²) in [6, 6.07) is 5.46. The minimum absolute atomic E-state index is 0.0988. The van der Waals surface area contributed by atoms with Crippen molar-refractivity contribution in [3.8, 4) is 11.3 Å². The van der Waals surface area contributed by atoms with E-state index < -0.39 is 11.7 Å². The van der Waals surface area contributed by atoms with Crippen LogP contribution in [-0.2, 0) is 18.2 Å². The summed E-state index contributed by atoms with van der Waals surface area (Å²) >= 11 is 0. The molecule has 0 unspecified atom stereocenters. The number of rotatable bonds is 6. The Hall–Kier alpha value is -3.16. The molecule has 154 valence electrons. The Bertz CT molecular complexity index is 1050. The predicted molar refractivity (Wildman–Crippen MR) is 110 cm³/mol. The second-order valence-corrected chi connectivity index (χ2v) is 7.88. The molecular formula is C21H26N4O4. The van der Waals surface area contributed by atoms with Crippen LogP contribution in [0, 0.1) is 0 Å². The van der Waals surface area contributed by atoms with E-state index in [1.165, 1.54) is 6.39 Å². The van der Waals surface area contributed by atoms with Crippen LogP contribution in [0.1, 0.15) is 39.4 Å². The molecule has 0 aliphatic carbocycles. The van der Waals surface area contributed by atoms with Gasteiger partial charge in [-0.2, -0.15) is 0 Å². The SMILES string of the molecule is Cn1c(CCCCNC(=O)OC(C)(C)C)nc2ccc(-c3cnco3)cc2c1=O. The Morgan fingerprint density at radius 1 is 1.28 bits per heavy atom. The first-order valence-electron chi connectivity index (χ1n) is 9.60. The van der Waals surface area contributed by atoms with Crippen LogP contribution >= 0.6 is 0 Å². The van der Waals surface area contributed by atoms with Gasteiger partial charge in [0.15, 0.2) is 12.2 Å². The molecular weight excluding hydrogens is 372 g/mol. The fourth-order valence-electron chi connectivity index (χ4n) is 2.96. The largest absolute Gasteiger partial charge is 0.444 e. The van der Waals surface area contributed by atoms with E-state index in [-0.39, 0.29) is 5.56 Å². The number of unbranched alkanes of at least 4 members (excludes halogenated alkanes) is 1. The molecule has 0 radical (unpaired) electrons. The van der Waals surface area contributed by atoms with Crippen LogP contribution in [0.15, 0.2) is 40.0 Å². The molecule has 29 heavy (non-hydrogen) atoms. The van der Waals surface area contributed by atoms with Gasteiger partial charge in [-0.3, -0.25) is 9.36 Å². The third-order valence-electron chi connectivity index (χ3n) is 4.38. The lowest BCUT2D eigenvalue weighted by Crippen LogP contribution is -2.33. The van der Waals surface area contributed by atoms with E-state index in [1.54, 1.807) is 23.9 Å². The third kappa shape index (κ3) is 5.22. The fraction of sp³-hybridized carbons (Fsp3) is 0.429. The molecule has 0 atom stereocenters. The van der Waals surface area contributed by atoms with E-state index in [0.29, 0.717) is 35.5 Å². The summed E-state index contributed by atoms with van der Waals surface area (Å²) in [6.07, 6.45) is 4.74. The number of ether oxygens (including phenoxy) is 1. The molecule has 3 rings (SSSR count). The molecule has 8 heteroatoms. The summed E-state index contributed by atoms with van der Waals surface area (Å²) in [5.41, 5.74) is 0.830. The maximum absolute atomic E-state index is 12.8. The topological polar surface area (TPSA) is 99.2 Å². The van der Waals surface area contributed by atoms with Gasteiger partial charge < -0.3 is 14.5 Å². The first kappa shape index (κ1) is 20.6. The van der Waals surface area contributed by atoms with Gasteiger partial charge in [0.2, 0.25) is 0 Å². The highest BCUT2D eigenvalue weighted by atomic mass is 16.6. The van der Waals surface area contributed by atoms with Gasteiger partial charge in [-0.25, -0.2) is 14.8 Å². The van der Waals surface area contributed by atoms with Crippen LogP contribution in [0.5, 0.6) is 0 Å². The van der Waals surface area contributed by atoms with Crippen LogP contribution in [0.2, 0.25) is 0 Å². The van der Waals surface area contributed by atoms with Crippen molar-refractivity contribution < 1.29 is 13.9 Å². The van der Waals surface area contributed by atoms with Gasteiger partial charge in [-0.05, 0) is 51.8 Å². The van der Waals surface area contributed by atoms with E-state index in [1.807, 2.05) is 32.9 Å². The van der Waals surface area contributed by atoms with Crippen molar-refractivity contribution in [2.75, 3.05) is 6.54 Å². The Kier molecular flexibility index (Phi) is 6.00. The summed E-state index contributed by atoms with van der Waals surface area (Å²) in [5.74, 6) is 1.32. The second-order valence-electron chi connectivity index (χ2n) is 7.88. The minimum atomic E-state index is -0.509. The van der Waals surface area contributed by atoms with Crippen LogP contribution in [0.4, 0.5) is 4.79 Å². The first-order valence-corrected chi connectivity index (χ1v) is 9.60. The van der Waals surface area contributed by atoms with Gasteiger partial charge in [0, 0.05) is 25.6 Å². The molecule has 0 saturated heterocycles. The molecule has 0 aliphatic heterocycles. The number of carbonyl (C=O) groups excluding carboxylic acids is 1. The molecule has 2 aromatic heterocycles. The number of amides is 1. The van der Waals surface area contributed by atoms with E-state index in [4.69, 9.17) is 9.15 Å². The van der Waals surface area contributed by atoms with Crippen molar-refractivity contribution >= 4 is 17.0 Å². The van der Waals surface area contributed by atoms with Crippen molar-refractivity contribution in [1.29, 1.82) is 0 Å². The molecule has 1 N–H and O–H groups in total. The lowest BCUT2D eigenvalue weighted by atomic mass is 10.1. The molecule has 3 aromatic rings. The molecule has 1 amide bonds. The summed E-state index contributed by atoms with van der Waals surface area (Å²) in [7, 11) is 1.73. The summed E-state index contributed by atoms with van der Waals surface area (Å²) in [4.78, 5) is 33.0. The van der Waals surface area contributed by atoms with Gasteiger partial charge in [-0.15, -0.1) is 0 Å². The quantitative estimate of drug-likeness (QED) is 0.639. The average Bonchev–Trinajstić information content (AvgIpc) is 3.18. The smallest absolute Gasteiger partial charge is 0.407 e. The van der Waals surface area contributed by atoms with E-state index in [2.05, 4.69) is 15.3 Å². The van der Waals surface area contributed by atoms with Gasteiger partial charge in [0.05, 0.1) is 17.1 Å². The maximum Gasteiger partial charge on any atom is 0.407 e. The van der Waals surface area contributed by atoms with Gasteiger partial charge in [0.1, 0.15) is 11.4 Å². The molecule has 0 spiro atoms. The molecule has 1 aromatic carbocycles. The summed E-state index contributed by atoms with van der Waals surface area (Å²) in [6.45, 7) is 5.99. The van der Waals surface area contributed by atoms with Gasteiger partial charge >= 0.3 is 6.09 Å². The molecule has 0 saturated carbocycles. The molecule has 8 nitrogen and oxygen atoms in total. The van der Waals surface area contributed by atoms with Crippen molar-refractivity contribution in [2.24, 2.45) is 7.05 Å². The number of nitrogens with one attached hydrogen (secondary N) is 1. The number of fused-ring (bicyclic) bond motifs is 1. The van der Waals surface area contributed by atoms with Crippen LogP contribution in [-0.4, -0.2) is 32.8 Å². The highest BCUT2D eigenvalue weighted by Crippen LogP contribution is 2.22. The summed E-state index contributed by atoms with van der Waals surface area (Å²) < 4.78 is 12.1. The third-order valence-corrected chi connectivity index (χ3v) is 4.38. The number of aromatic nitrogens is 3. The highest BCUT2D eigenvalue weighted by molar-refractivity contribution is 5.82. The molecule has 0 aliphatic rings. The van der Waals surface area contributed by atoms with E-state index >= 15 is 0 Å². The lowest BCUT2D eigenvalue weighted by Gasteiger charge is -2.19. The zero-order valence-corrected chi connectivity index (χ0v) is 17.2. The number of hydrogen-bond acceptors (Lipinski definition) is 6. The first-order chi connectivity index (χ1) is 13.7. The van der Waals surface area contributed by atoms with Crippen molar-refractivity contribution in [3.63, 3.8) is 0 Å². The number of oxazole rings is 1.